The molecule has 5 atom stereocenters. The number of nitrogens with one attached hydrogen (secondary N) is 3. The third-order valence-corrected chi connectivity index (χ3v) is 10.9. The van der Waals surface area contributed by atoms with Crippen LogP contribution in [-0.4, -0.2) is 99.7 Å². The number of carboxylic acid groups (broad SMARTS) is 1. The van der Waals surface area contributed by atoms with E-state index in [1.165, 1.54) is 16.7 Å². The first-order valence-corrected chi connectivity index (χ1v) is 19.3. The first kappa shape index (κ1) is 40.7. The van der Waals surface area contributed by atoms with Crippen molar-refractivity contribution in [3.8, 4) is 0 Å². The number of carbonyl (C=O) groups excluding carboxylic acids is 5. The van der Waals surface area contributed by atoms with E-state index in [9.17, 15) is 33.9 Å². The number of fused-ring (bicyclic) bond motifs is 1. The summed E-state index contributed by atoms with van der Waals surface area (Å²) in [6.07, 6.45) is 5.75. The molecule has 2 aliphatic heterocycles. The Kier molecular flexibility index (Phi) is 14.2. The molecule has 1 unspecified atom stereocenters. The minimum Gasteiger partial charge on any atom is -0.480 e. The maximum atomic E-state index is 14.7. The van der Waals surface area contributed by atoms with Gasteiger partial charge in [0.15, 0.2) is 5.96 Å². The summed E-state index contributed by atoms with van der Waals surface area (Å²) in [5.41, 5.74) is 13.5. The number of benzene rings is 2. The van der Waals surface area contributed by atoms with Crippen LogP contribution in [0, 0.1) is 5.92 Å². The molecule has 2 aromatic rings. The van der Waals surface area contributed by atoms with Crippen molar-refractivity contribution in [2.75, 3.05) is 13.1 Å². The number of rotatable bonds is 15. The number of amides is 5. The highest BCUT2D eigenvalue weighted by Crippen LogP contribution is 2.29. The maximum Gasteiger partial charge on any atom is 0.326 e. The summed E-state index contributed by atoms with van der Waals surface area (Å²) in [5.74, 6) is -3.71. The van der Waals surface area contributed by atoms with Gasteiger partial charge < -0.3 is 42.3 Å². The lowest BCUT2D eigenvalue weighted by Gasteiger charge is -2.40. The minimum atomic E-state index is -1.11. The predicted molar refractivity (Wildman–Crippen MR) is 205 cm³/mol. The average molecular weight is 759 g/mol. The molecule has 1 saturated heterocycles. The van der Waals surface area contributed by atoms with Gasteiger partial charge >= 0.3 is 5.97 Å². The molecular formula is C40H54N8O7. The van der Waals surface area contributed by atoms with Crippen molar-refractivity contribution in [2.45, 2.75) is 114 Å². The van der Waals surface area contributed by atoms with Gasteiger partial charge in [-0.2, -0.15) is 0 Å². The van der Waals surface area contributed by atoms with Crippen LogP contribution in [0.5, 0.6) is 0 Å². The number of aliphatic carboxylic acids is 1. The van der Waals surface area contributed by atoms with Gasteiger partial charge in [-0.05, 0) is 67.6 Å². The van der Waals surface area contributed by atoms with Crippen LogP contribution >= 0.6 is 0 Å². The van der Waals surface area contributed by atoms with E-state index >= 15 is 0 Å². The molecule has 2 aromatic carbocycles. The number of piperidine rings is 1. The van der Waals surface area contributed by atoms with E-state index < -0.39 is 59.8 Å². The SMILES string of the molecule is CC(=O)NC(C(=O)N[C@@H](CCCN=C(N)N)C(=O)N1Cc2ccccc2C[C@H]1C(=O)N[C@@H](Cc1ccccc1)C(=O)N1CCCC[C@H]1C(=O)O)C1CCCC1. The topological polar surface area (TPSA) is 230 Å². The van der Waals surface area contributed by atoms with Gasteiger partial charge in [0, 0.05) is 39.4 Å². The Hall–Kier alpha value is -5.47. The Balaban J connectivity index is 1.45. The number of carbonyl (C=O) groups is 6. The summed E-state index contributed by atoms with van der Waals surface area (Å²) in [6, 6.07) is 11.5. The van der Waals surface area contributed by atoms with Gasteiger partial charge in [-0.1, -0.05) is 67.4 Å². The van der Waals surface area contributed by atoms with Crippen molar-refractivity contribution in [3.63, 3.8) is 0 Å². The zero-order valence-corrected chi connectivity index (χ0v) is 31.5. The predicted octanol–water partition coefficient (Wildman–Crippen LogP) is 1.37. The van der Waals surface area contributed by atoms with Gasteiger partial charge in [0.1, 0.15) is 30.2 Å². The Morgan fingerprint density at radius 2 is 1.45 bits per heavy atom. The van der Waals surface area contributed by atoms with Gasteiger partial charge in [0.2, 0.25) is 29.5 Å². The summed E-state index contributed by atoms with van der Waals surface area (Å²) in [7, 11) is 0. The minimum absolute atomic E-state index is 0.0651. The van der Waals surface area contributed by atoms with Crippen LogP contribution in [0.4, 0.5) is 0 Å². The van der Waals surface area contributed by atoms with Gasteiger partial charge in [0.25, 0.3) is 0 Å². The fraction of sp³-hybridized carbons (Fsp3) is 0.525. The van der Waals surface area contributed by atoms with Crippen LogP contribution in [0.3, 0.4) is 0 Å². The zero-order valence-electron chi connectivity index (χ0n) is 31.5. The Morgan fingerprint density at radius 1 is 0.800 bits per heavy atom. The molecule has 0 aromatic heterocycles. The Morgan fingerprint density at radius 3 is 2.13 bits per heavy atom. The van der Waals surface area contributed by atoms with Crippen LogP contribution < -0.4 is 27.4 Å². The second-order valence-corrected chi connectivity index (χ2v) is 14.8. The molecule has 0 bridgehead atoms. The van der Waals surface area contributed by atoms with Crippen LogP contribution in [0.15, 0.2) is 59.6 Å². The number of nitrogens with zero attached hydrogens (tertiary/aromatic N) is 3. The van der Waals surface area contributed by atoms with Crippen LogP contribution in [0.2, 0.25) is 0 Å². The summed E-state index contributed by atoms with van der Waals surface area (Å²) < 4.78 is 0. The highest BCUT2D eigenvalue weighted by molar-refractivity contribution is 5.96. The van der Waals surface area contributed by atoms with E-state index in [1.807, 2.05) is 54.6 Å². The number of nitrogens with two attached hydrogens (primary N) is 2. The van der Waals surface area contributed by atoms with Crippen molar-refractivity contribution in [3.05, 3.63) is 71.3 Å². The fourth-order valence-electron chi connectivity index (χ4n) is 8.09. The molecule has 2 fully saturated rings. The summed E-state index contributed by atoms with van der Waals surface area (Å²) in [5, 5.41) is 18.6. The van der Waals surface area contributed by atoms with Crippen LogP contribution in [0.25, 0.3) is 0 Å². The van der Waals surface area contributed by atoms with Crippen LogP contribution in [0.1, 0.15) is 81.4 Å². The number of guanidine groups is 1. The van der Waals surface area contributed by atoms with E-state index in [1.54, 1.807) is 0 Å². The second-order valence-electron chi connectivity index (χ2n) is 14.8. The smallest absolute Gasteiger partial charge is 0.326 e. The van der Waals surface area contributed by atoms with E-state index in [4.69, 9.17) is 11.5 Å². The lowest BCUT2D eigenvalue weighted by atomic mass is 9.91. The van der Waals surface area contributed by atoms with Crippen molar-refractivity contribution in [2.24, 2.45) is 22.4 Å². The molecule has 55 heavy (non-hydrogen) atoms. The van der Waals surface area contributed by atoms with Crippen molar-refractivity contribution < 1.29 is 33.9 Å². The molecule has 296 valence electrons. The lowest BCUT2D eigenvalue weighted by molar-refractivity contribution is -0.153. The lowest BCUT2D eigenvalue weighted by Crippen LogP contribution is -2.62. The van der Waals surface area contributed by atoms with E-state index in [0.717, 1.165) is 42.4 Å². The quantitative estimate of drug-likeness (QED) is 0.0874. The molecular weight excluding hydrogens is 704 g/mol. The number of hydrogen-bond donors (Lipinski definition) is 6. The highest BCUT2D eigenvalue weighted by atomic mass is 16.4. The van der Waals surface area contributed by atoms with Crippen molar-refractivity contribution in [1.29, 1.82) is 0 Å². The molecule has 1 aliphatic carbocycles. The first-order chi connectivity index (χ1) is 26.4. The van der Waals surface area contributed by atoms with E-state index in [0.29, 0.717) is 25.7 Å². The molecule has 0 spiro atoms. The normalized spacial score (nSPS) is 19.9. The monoisotopic (exact) mass is 758 g/mol. The number of carboxylic acids is 1. The fourth-order valence-corrected chi connectivity index (χ4v) is 8.09. The molecule has 8 N–H and O–H groups in total. The van der Waals surface area contributed by atoms with Gasteiger partial charge in [-0.3, -0.25) is 29.0 Å². The average Bonchev–Trinajstić information content (AvgIpc) is 3.72. The molecule has 2 heterocycles. The van der Waals surface area contributed by atoms with Gasteiger partial charge in [-0.25, -0.2) is 4.79 Å². The maximum absolute atomic E-state index is 14.7. The van der Waals surface area contributed by atoms with Crippen LogP contribution in [-0.2, 0) is 48.2 Å². The third kappa shape index (κ3) is 10.8. The number of aliphatic imine (C=N–C) groups is 1. The standard InChI is InChI=1S/C40H54N8O7/c1-25(49)44-34(27-14-5-6-15-27)36(51)45-30(18-11-20-43-40(41)42)37(52)48-24-29-17-8-7-16-28(29)23-33(48)35(50)46-31(22-26-12-3-2-4-13-26)38(53)47-21-10-9-19-32(47)39(54)55/h2-4,7-8,12-13,16-17,27,30-34H,5-6,9-11,14-15,18-24H2,1H3,(H,44,49)(H,45,51)(H,46,50)(H,54,55)(H4,41,42,43)/t30-,31-,32-,33-,34?/m0/s1. The molecule has 1 saturated carbocycles. The third-order valence-electron chi connectivity index (χ3n) is 10.9. The highest BCUT2D eigenvalue weighted by Gasteiger charge is 2.42. The molecule has 5 rings (SSSR count). The molecule has 15 heteroatoms. The molecule has 0 radical (unpaired) electrons. The molecule has 5 amide bonds. The first-order valence-electron chi connectivity index (χ1n) is 19.3. The summed E-state index contributed by atoms with van der Waals surface area (Å²) in [6.45, 7) is 1.86. The second kappa shape index (κ2) is 19.2. The zero-order chi connectivity index (χ0) is 39.5. The molecule has 15 nitrogen and oxygen atoms in total. The summed E-state index contributed by atoms with van der Waals surface area (Å²) >= 11 is 0. The number of likely N-dealkylation sites (tertiary alicyclic amines) is 1. The Labute approximate surface area is 321 Å². The van der Waals surface area contributed by atoms with Gasteiger partial charge in [-0.15, -0.1) is 0 Å². The largest absolute Gasteiger partial charge is 0.480 e. The summed E-state index contributed by atoms with van der Waals surface area (Å²) in [4.78, 5) is 88.6. The molecule has 3 aliphatic rings. The van der Waals surface area contributed by atoms with E-state index in [-0.39, 0.29) is 56.7 Å². The van der Waals surface area contributed by atoms with Crippen molar-refractivity contribution in [1.82, 2.24) is 25.8 Å². The van der Waals surface area contributed by atoms with Gasteiger partial charge in [0.05, 0.1) is 0 Å². The van der Waals surface area contributed by atoms with E-state index in [2.05, 4.69) is 20.9 Å². The Bertz CT molecular complexity index is 1730. The number of hydrogen-bond acceptors (Lipinski definition) is 7. The van der Waals surface area contributed by atoms with Crippen molar-refractivity contribution >= 4 is 41.5 Å².